The van der Waals surface area contributed by atoms with Gasteiger partial charge in [0.25, 0.3) is 0 Å². The van der Waals surface area contributed by atoms with E-state index in [4.69, 9.17) is 5.73 Å². The van der Waals surface area contributed by atoms with E-state index in [9.17, 15) is 4.79 Å². The molecule has 0 radical (unpaired) electrons. The van der Waals surface area contributed by atoms with Crippen LogP contribution in [0.25, 0.3) is 0 Å². The van der Waals surface area contributed by atoms with Crippen LogP contribution in [0.5, 0.6) is 0 Å². The standard InChI is InChI=1S/C20H31N3O.2ClH/c21-19-11-6-9-17(19)13-20(24)22-14-18-10-4-5-12-23(18)15-16-7-2-1-3-8-16;;/h1-3,7-8,17-19H,4-6,9-15,21H2,(H,22,24);2*1H/t17-,18?,19+;;/m0../s1. The Morgan fingerprint density at radius 2 is 1.85 bits per heavy atom. The molecular weight excluding hydrogens is 369 g/mol. The van der Waals surface area contributed by atoms with Gasteiger partial charge in [-0.1, -0.05) is 43.2 Å². The van der Waals surface area contributed by atoms with Crippen molar-refractivity contribution >= 4 is 30.7 Å². The van der Waals surface area contributed by atoms with Crippen LogP contribution in [0.2, 0.25) is 0 Å². The second kappa shape index (κ2) is 11.8. The van der Waals surface area contributed by atoms with Gasteiger partial charge in [-0.3, -0.25) is 9.69 Å². The minimum absolute atomic E-state index is 0. The highest BCUT2D eigenvalue weighted by Gasteiger charge is 2.27. The first-order valence-corrected chi connectivity index (χ1v) is 9.52. The van der Waals surface area contributed by atoms with Crippen LogP contribution >= 0.6 is 24.8 Å². The Bertz CT molecular complexity index is 529. The maximum absolute atomic E-state index is 12.3. The average molecular weight is 402 g/mol. The predicted molar refractivity (Wildman–Crippen MR) is 112 cm³/mol. The van der Waals surface area contributed by atoms with E-state index < -0.39 is 0 Å². The van der Waals surface area contributed by atoms with E-state index in [1.165, 1.54) is 31.2 Å². The number of likely N-dealkylation sites (tertiary alicyclic amines) is 1. The van der Waals surface area contributed by atoms with Crippen LogP contribution in [0.3, 0.4) is 0 Å². The smallest absolute Gasteiger partial charge is 0.220 e. The number of nitrogens with zero attached hydrogens (tertiary/aromatic N) is 1. The van der Waals surface area contributed by atoms with Gasteiger partial charge >= 0.3 is 0 Å². The molecule has 0 bridgehead atoms. The summed E-state index contributed by atoms with van der Waals surface area (Å²) in [6.45, 7) is 2.88. The lowest BCUT2D eigenvalue weighted by Gasteiger charge is -2.36. The van der Waals surface area contributed by atoms with Crippen LogP contribution in [-0.4, -0.2) is 36.0 Å². The molecule has 0 aromatic heterocycles. The van der Waals surface area contributed by atoms with Crippen molar-refractivity contribution in [3.63, 3.8) is 0 Å². The molecule has 1 aromatic carbocycles. The highest BCUT2D eigenvalue weighted by atomic mass is 35.5. The van der Waals surface area contributed by atoms with Gasteiger partial charge in [-0.25, -0.2) is 0 Å². The third-order valence-electron chi connectivity index (χ3n) is 5.68. The number of hydrogen-bond donors (Lipinski definition) is 2. The maximum atomic E-state index is 12.3. The number of carbonyl (C=O) groups excluding carboxylic acids is 1. The Morgan fingerprint density at radius 1 is 1.08 bits per heavy atom. The summed E-state index contributed by atoms with van der Waals surface area (Å²) in [6.07, 6.45) is 7.66. The van der Waals surface area contributed by atoms with E-state index in [0.29, 0.717) is 18.4 Å². The zero-order chi connectivity index (χ0) is 16.8. The predicted octanol–water partition coefficient (Wildman–Crippen LogP) is 3.52. The van der Waals surface area contributed by atoms with Crippen LogP contribution in [0.1, 0.15) is 50.5 Å². The average Bonchev–Trinajstić information content (AvgIpc) is 3.00. The second-order valence-electron chi connectivity index (χ2n) is 7.47. The van der Waals surface area contributed by atoms with E-state index in [-0.39, 0.29) is 36.8 Å². The number of halogens is 2. The second-order valence-corrected chi connectivity index (χ2v) is 7.47. The molecule has 6 heteroatoms. The molecule has 3 N–H and O–H groups in total. The Balaban J connectivity index is 0.00000169. The number of benzene rings is 1. The lowest BCUT2D eigenvalue weighted by Crippen LogP contribution is -2.46. The molecule has 3 rings (SSSR count). The highest BCUT2D eigenvalue weighted by Crippen LogP contribution is 2.26. The third kappa shape index (κ3) is 6.73. The molecule has 1 amide bonds. The summed E-state index contributed by atoms with van der Waals surface area (Å²) in [5.74, 6) is 0.569. The van der Waals surface area contributed by atoms with Crippen molar-refractivity contribution in [3.8, 4) is 0 Å². The van der Waals surface area contributed by atoms with Gasteiger partial charge in [0.2, 0.25) is 5.91 Å². The van der Waals surface area contributed by atoms with Gasteiger partial charge in [-0.15, -0.1) is 24.8 Å². The fourth-order valence-electron chi connectivity index (χ4n) is 4.18. The van der Waals surface area contributed by atoms with Crippen molar-refractivity contribution in [1.29, 1.82) is 0 Å². The minimum atomic E-state index is 0. The first-order chi connectivity index (χ1) is 11.7. The molecule has 2 fully saturated rings. The van der Waals surface area contributed by atoms with Crippen LogP contribution in [0.15, 0.2) is 30.3 Å². The van der Waals surface area contributed by atoms with Crippen molar-refractivity contribution in [3.05, 3.63) is 35.9 Å². The van der Waals surface area contributed by atoms with Crippen molar-refractivity contribution in [2.75, 3.05) is 13.1 Å². The van der Waals surface area contributed by atoms with Crippen LogP contribution in [0, 0.1) is 5.92 Å². The molecule has 1 aliphatic carbocycles. The number of hydrogen-bond acceptors (Lipinski definition) is 3. The van der Waals surface area contributed by atoms with E-state index in [1.807, 2.05) is 0 Å². The lowest BCUT2D eigenvalue weighted by molar-refractivity contribution is -0.122. The quantitative estimate of drug-likeness (QED) is 0.766. The highest BCUT2D eigenvalue weighted by molar-refractivity contribution is 5.85. The number of amides is 1. The minimum Gasteiger partial charge on any atom is -0.355 e. The van der Waals surface area contributed by atoms with Crippen molar-refractivity contribution in [1.82, 2.24) is 10.2 Å². The molecule has 3 atom stereocenters. The molecule has 1 saturated heterocycles. The maximum Gasteiger partial charge on any atom is 0.220 e. The summed E-state index contributed by atoms with van der Waals surface area (Å²) >= 11 is 0. The van der Waals surface area contributed by atoms with E-state index in [1.54, 1.807) is 0 Å². The van der Waals surface area contributed by atoms with Gasteiger partial charge in [-0.05, 0) is 43.7 Å². The number of carbonyl (C=O) groups is 1. The van der Waals surface area contributed by atoms with Gasteiger partial charge in [0.15, 0.2) is 0 Å². The number of piperidine rings is 1. The van der Waals surface area contributed by atoms with Crippen molar-refractivity contribution < 1.29 is 4.79 Å². The molecule has 2 aliphatic rings. The summed E-state index contributed by atoms with van der Waals surface area (Å²) in [4.78, 5) is 14.8. The molecule has 0 spiro atoms. The zero-order valence-corrected chi connectivity index (χ0v) is 17.1. The van der Waals surface area contributed by atoms with Gasteiger partial charge in [-0.2, -0.15) is 0 Å². The molecule has 26 heavy (non-hydrogen) atoms. The zero-order valence-electron chi connectivity index (χ0n) is 15.4. The lowest BCUT2D eigenvalue weighted by atomic mass is 9.99. The number of nitrogens with one attached hydrogen (secondary N) is 1. The van der Waals surface area contributed by atoms with E-state index in [0.717, 1.165) is 32.5 Å². The summed E-state index contributed by atoms with van der Waals surface area (Å²) in [5.41, 5.74) is 7.44. The van der Waals surface area contributed by atoms with E-state index >= 15 is 0 Å². The first kappa shape index (κ1) is 23.2. The molecular formula is C20H33Cl2N3O. The molecule has 1 unspecified atom stereocenters. The van der Waals surface area contributed by atoms with E-state index in [2.05, 4.69) is 40.5 Å². The van der Waals surface area contributed by atoms with Crippen molar-refractivity contribution in [2.45, 2.75) is 63.6 Å². The Morgan fingerprint density at radius 3 is 2.54 bits per heavy atom. The number of rotatable bonds is 6. The third-order valence-corrected chi connectivity index (χ3v) is 5.68. The Hall–Kier alpha value is -0.810. The fourth-order valence-corrected chi connectivity index (χ4v) is 4.18. The van der Waals surface area contributed by atoms with Crippen LogP contribution in [-0.2, 0) is 11.3 Å². The van der Waals surface area contributed by atoms with Gasteiger partial charge < -0.3 is 11.1 Å². The van der Waals surface area contributed by atoms with Gasteiger partial charge in [0.1, 0.15) is 0 Å². The summed E-state index contributed by atoms with van der Waals surface area (Å²) in [5, 5.41) is 3.18. The topological polar surface area (TPSA) is 58.4 Å². The van der Waals surface area contributed by atoms with Crippen molar-refractivity contribution in [2.24, 2.45) is 11.7 Å². The Labute approximate surface area is 170 Å². The first-order valence-electron chi connectivity index (χ1n) is 9.52. The SMILES string of the molecule is Cl.Cl.N[C@@H]1CCC[C@H]1CC(=O)NCC1CCCCN1Cc1ccccc1. The molecule has 1 saturated carbocycles. The van der Waals surface area contributed by atoms with Gasteiger partial charge in [0, 0.05) is 31.6 Å². The largest absolute Gasteiger partial charge is 0.355 e. The molecule has 4 nitrogen and oxygen atoms in total. The monoisotopic (exact) mass is 401 g/mol. The van der Waals surface area contributed by atoms with Crippen LogP contribution < -0.4 is 11.1 Å². The number of nitrogens with two attached hydrogens (primary N) is 1. The molecule has 1 aliphatic heterocycles. The fraction of sp³-hybridized carbons (Fsp3) is 0.650. The molecule has 148 valence electrons. The molecule has 1 heterocycles. The normalized spacial score (nSPS) is 25.8. The van der Waals surface area contributed by atoms with Crippen LogP contribution in [0.4, 0.5) is 0 Å². The molecule has 1 aromatic rings. The Kier molecular flexibility index (Phi) is 10.6. The summed E-state index contributed by atoms with van der Waals surface area (Å²) in [6, 6.07) is 11.3. The summed E-state index contributed by atoms with van der Waals surface area (Å²) < 4.78 is 0. The summed E-state index contributed by atoms with van der Waals surface area (Å²) in [7, 11) is 0. The van der Waals surface area contributed by atoms with Gasteiger partial charge in [0.05, 0.1) is 0 Å².